The quantitative estimate of drug-likeness (QED) is 0.875. The lowest BCUT2D eigenvalue weighted by molar-refractivity contribution is 0.222. The second-order valence-corrected chi connectivity index (χ2v) is 7.21. The maximum absolute atomic E-state index is 4.71. The van der Waals surface area contributed by atoms with Crippen LogP contribution < -0.4 is 5.32 Å². The van der Waals surface area contributed by atoms with Gasteiger partial charge >= 0.3 is 0 Å². The van der Waals surface area contributed by atoms with Crippen LogP contribution >= 0.6 is 11.3 Å². The molecule has 1 saturated carbocycles. The van der Waals surface area contributed by atoms with E-state index in [1.54, 1.807) is 0 Å². The van der Waals surface area contributed by atoms with E-state index >= 15 is 0 Å². The Morgan fingerprint density at radius 2 is 2.00 bits per heavy atom. The second kappa shape index (κ2) is 5.70. The third-order valence-electron chi connectivity index (χ3n) is 4.49. The van der Waals surface area contributed by atoms with E-state index in [9.17, 15) is 0 Å². The highest BCUT2D eigenvalue weighted by molar-refractivity contribution is 7.11. The highest BCUT2D eigenvalue weighted by atomic mass is 32.1. The number of thiazole rings is 1. The van der Waals surface area contributed by atoms with Crippen molar-refractivity contribution in [2.24, 2.45) is 5.41 Å². The van der Waals surface area contributed by atoms with E-state index in [-0.39, 0.29) is 0 Å². The molecule has 0 radical (unpaired) electrons. The topological polar surface area (TPSA) is 24.9 Å². The number of rotatable bonds is 5. The lowest BCUT2D eigenvalue weighted by atomic mass is 9.79. The van der Waals surface area contributed by atoms with Gasteiger partial charge in [-0.25, -0.2) is 4.98 Å². The molecule has 1 aromatic rings. The lowest BCUT2D eigenvalue weighted by Crippen LogP contribution is -2.43. The van der Waals surface area contributed by atoms with Crippen molar-refractivity contribution >= 4 is 11.3 Å². The van der Waals surface area contributed by atoms with Gasteiger partial charge in [-0.2, -0.15) is 0 Å². The predicted molar refractivity (Wildman–Crippen MR) is 79.3 cm³/mol. The van der Waals surface area contributed by atoms with Crippen LogP contribution in [0.3, 0.4) is 0 Å². The van der Waals surface area contributed by atoms with Crippen molar-refractivity contribution < 1.29 is 0 Å². The van der Waals surface area contributed by atoms with Crippen LogP contribution in [0.15, 0.2) is 0 Å². The van der Waals surface area contributed by atoms with Crippen LogP contribution in [0.1, 0.15) is 55.1 Å². The third kappa shape index (κ3) is 2.94. The predicted octanol–water partition coefficient (Wildman–Crippen LogP) is 3.86. The molecule has 1 heterocycles. The average molecular weight is 266 g/mol. The van der Waals surface area contributed by atoms with Crippen LogP contribution in [0, 0.1) is 19.3 Å². The molecule has 1 aliphatic rings. The highest BCUT2D eigenvalue weighted by Crippen LogP contribution is 2.41. The van der Waals surface area contributed by atoms with Gasteiger partial charge in [-0.1, -0.05) is 26.7 Å². The van der Waals surface area contributed by atoms with Crippen molar-refractivity contribution in [2.75, 3.05) is 6.54 Å². The molecule has 1 aliphatic carbocycles. The van der Waals surface area contributed by atoms with Gasteiger partial charge in [0.25, 0.3) is 0 Å². The van der Waals surface area contributed by atoms with Crippen molar-refractivity contribution in [3.8, 4) is 0 Å². The summed E-state index contributed by atoms with van der Waals surface area (Å²) in [7, 11) is 0. The van der Waals surface area contributed by atoms with Crippen molar-refractivity contribution in [1.82, 2.24) is 10.3 Å². The Morgan fingerprint density at radius 3 is 2.50 bits per heavy atom. The van der Waals surface area contributed by atoms with Gasteiger partial charge in [0.15, 0.2) is 0 Å². The summed E-state index contributed by atoms with van der Waals surface area (Å²) in [4.78, 5) is 6.09. The first kappa shape index (κ1) is 14.0. The minimum atomic E-state index is 0.476. The Hall–Kier alpha value is -0.410. The van der Waals surface area contributed by atoms with E-state index in [2.05, 4.69) is 33.0 Å². The fourth-order valence-electron chi connectivity index (χ4n) is 3.14. The maximum atomic E-state index is 4.71. The van der Waals surface area contributed by atoms with Gasteiger partial charge in [0.05, 0.1) is 10.7 Å². The number of aromatic nitrogens is 1. The van der Waals surface area contributed by atoms with Crippen LogP contribution in [-0.4, -0.2) is 17.6 Å². The van der Waals surface area contributed by atoms with E-state index in [1.807, 2.05) is 11.3 Å². The van der Waals surface area contributed by atoms with Crippen LogP contribution in [0.25, 0.3) is 0 Å². The third-order valence-corrected chi connectivity index (χ3v) is 5.58. The number of hydrogen-bond acceptors (Lipinski definition) is 3. The molecule has 1 aromatic heterocycles. The van der Waals surface area contributed by atoms with E-state index in [4.69, 9.17) is 4.98 Å². The van der Waals surface area contributed by atoms with Crippen LogP contribution in [0.4, 0.5) is 0 Å². The Morgan fingerprint density at radius 1 is 1.33 bits per heavy atom. The van der Waals surface area contributed by atoms with Crippen molar-refractivity contribution in [2.45, 2.75) is 65.8 Å². The monoisotopic (exact) mass is 266 g/mol. The molecular weight excluding hydrogens is 240 g/mol. The summed E-state index contributed by atoms with van der Waals surface area (Å²) in [6, 6.07) is 0.593. The van der Waals surface area contributed by atoms with Crippen molar-refractivity contribution in [3.05, 3.63) is 15.6 Å². The van der Waals surface area contributed by atoms with Gasteiger partial charge in [0.2, 0.25) is 0 Å². The Balaban J connectivity index is 2.10. The van der Waals surface area contributed by atoms with Crippen molar-refractivity contribution in [1.29, 1.82) is 0 Å². The lowest BCUT2D eigenvalue weighted by Gasteiger charge is -2.34. The zero-order valence-electron chi connectivity index (χ0n) is 12.2. The molecule has 2 rings (SSSR count). The van der Waals surface area contributed by atoms with Crippen molar-refractivity contribution in [3.63, 3.8) is 0 Å². The molecule has 1 N–H and O–H groups in total. The van der Waals surface area contributed by atoms with E-state index < -0.39 is 0 Å². The smallest absolute Gasteiger partial charge is 0.0946 e. The molecule has 0 amide bonds. The SMILES string of the molecule is CCNC(Cc1nc(C)c(C)s1)C1(C)CCCC1. The summed E-state index contributed by atoms with van der Waals surface area (Å²) in [5.41, 5.74) is 1.69. The first-order valence-corrected chi connectivity index (χ1v) is 8.03. The second-order valence-electron chi connectivity index (χ2n) is 5.92. The average Bonchev–Trinajstić information content (AvgIpc) is 2.87. The molecule has 3 heteroatoms. The molecule has 0 spiro atoms. The molecule has 102 valence electrons. The Bertz CT molecular complexity index is 372. The molecule has 0 aromatic carbocycles. The minimum Gasteiger partial charge on any atom is -0.313 e. The van der Waals surface area contributed by atoms with Gasteiger partial charge in [-0.15, -0.1) is 11.3 Å². The Kier molecular flexibility index (Phi) is 4.44. The number of nitrogens with zero attached hydrogens (tertiary/aromatic N) is 1. The summed E-state index contributed by atoms with van der Waals surface area (Å²) < 4.78 is 0. The molecule has 2 nitrogen and oxygen atoms in total. The highest BCUT2D eigenvalue weighted by Gasteiger charge is 2.36. The van der Waals surface area contributed by atoms with Gasteiger partial charge in [0, 0.05) is 17.3 Å². The molecule has 0 saturated heterocycles. The number of aryl methyl sites for hydroxylation is 2. The number of hydrogen-bond donors (Lipinski definition) is 1. The van der Waals surface area contributed by atoms with Crippen LogP contribution in [0.5, 0.6) is 0 Å². The zero-order valence-corrected chi connectivity index (χ0v) is 13.0. The normalized spacial score (nSPS) is 20.2. The first-order chi connectivity index (χ1) is 8.55. The largest absolute Gasteiger partial charge is 0.313 e. The summed E-state index contributed by atoms with van der Waals surface area (Å²) in [5.74, 6) is 0. The molecule has 18 heavy (non-hydrogen) atoms. The molecule has 1 fully saturated rings. The van der Waals surface area contributed by atoms with E-state index in [0.29, 0.717) is 11.5 Å². The van der Waals surface area contributed by atoms with Crippen LogP contribution in [-0.2, 0) is 6.42 Å². The molecule has 1 unspecified atom stereocenters. The van der Waals surface area contributed by atoms with Gasteiger partial charge in [-0.3, -0.25) is 0 Å². The number of nitrogens with one attached hydrogen (secondary N) is 1. The van der Waals surface area contributed by atoms with Crippen LogP contribution in [0.2, 0.25) is 0 Å². The fourth-order valence-corrected chi connectivity index (χ4v) is 4.12. The summed E-state index contributed by atoms with van der Waals surface area (Å²) in [6.45, 7) is 10.0. The van der Waals surface area contributed by atoms with E-state index in [1.165, 1.54) is 41.3 Å². The molecule has 0 bridgehead atoms. The first-order valence-electron chi connectivity index (χ1n) is 7.21. The zero-order chi connectivity index (χ0) is 13.2. The maximum Gasteiger partial charge on any atom is 0.0946 e. The fraction of sp³-hybridized carbons (Fsp3) is 0.800. The Labute approximate surface area is 115 Å². The number of likely N-dealkylation sites (N-methyl/N-ethyl adjacent to an activating group) is 1. The van der Waals surface area contributed by atoms with Gasteiger partial charge in [-0.05, 0) is 38.6 Å². The summed E-state index contributed by atoms with van der Waals surface area (Å²) in [6.07, 6.45) is 6.63. The summed E-state index contributed by atoms with van der Waals surface area (Å²) >= 11 is 1.87. The summed E-state index contributed by atoms with van der Waals surface area (Å²) in [5, 5.41) is 5.02. The van der Waals surface area contributed by atoms with E-state index in [0.717, 1.165) is 13.0 Å². The minimum absolute atomic E-state index is 0.476. The molecular formula is C15H26N2S. The molecule has 1 atom stereocenters. The van der Waals surface area contributed by atoms with Gasteiger partial charge < -0.3 is 5.32 Å². The standard InChI is InChI=1S/C15H26N2S/c1-5-16-13(15(4)8-6-7-9-15)10-14-17-11(2)12(3)18-14/h13,16H,5-10H2,1-4H3. The van der Waals surface area contributed by atoms with Gasteiger partial charge in [0.1, 0.15) is 0 Å². The molecule has 0 aliphatic heterocycles.